The summed E-state index contributed by atoms with van der Waals surface area (Å²) in [6.07, 6.45) is -0.843. The molecule has 1 atom stereocenters. The Morgan fingerprint density at radius 1 is 1.27 bits per heavy atom. The van der Waals surface area contributed by atoms with Crippen molar-refractivity contribution in [2.45, 2.75) is 33.5 Å². The van der Waals surface area contributed by atoms with E-state index in [4.69, 9.17) is 19.3 Å². The minimum Gasteiger partial charge on any atom is -0.488 e. The van der Waals surface area contributed by atoms with Crippen LogP contribution in [-0.2, 0) is 11.3 Å². The quantitative estimate of drug-likeness (QED) is 0.644. The van der Waals surface area contributed by atoms with Crippen LogP contribution in [0.3, 0.4) is 0 Å². The first-order valence-electron chi connectivity index (χ1n) is 8.17. The van der Waals surface area contributed by atoms with Crippen molar-refractivity contribution in [1.29, 1.82) is 5.26 Å². The number of rotatable bonds is 5. The van der Waals surface area contributed by atoms with E-state index in [1.54, 1.807) is 12.1 Å². The molecule has 0 radical (unpaired) electrons. The fraction of sp³-hybridized carbons (Fsp3) is 0.250. The molecule has 0 aliphatic carbocycles. The number of nitriles is 1. The van der Waals surface area contributed by atoms with Crippen molar-refractivity contribution < 1.29 is 18.8 Å². The molecule has 2 aromatic carbocycles. The molecule has 0 amide bonds. The van der Waals surface area contributed by atoms with Crippen LogP contribution in [0.2, 0.25) is 0 Å². The van der Waals surface area contributed by atoms with Gasteiger partial charge in [-0.15, -0.1) is 0 Å². The molecule has 6 heteroatoms. The van der Waals surface area contributed by atoms with E-state index in [-0.39, 0.29) is 12.2 Å². The predicted octanol–water partition coefficient (Wildman–Crippen LogP) is 4.09. The first-order valence-corrected chi connectivity index (χ1v) is 8.17. The molecule has 0 fully saturated rings. The third-order valence-corrected chi connectivity index (χ3v) is 4.09. The molecular formula is C20H18N2O4. The van der Waals surface area contributed by atoms with E-state index in [0.717, 1.165) is 22.0 Å². The van der Waals surface area contributed by atoms with E-state index in [9.17, 15) is 4.79 Å². The zero-order valence-corrected chi connectivity index (χ0v) is 14.8. The molecular weight excluding hydrogens is 332 g/mol. The van der Waals surface area contributed by atoms with E-state index < -0.39 is 12.1 Å². The summed E-state index contributed by atoms with van der Waals surface area (Å²) < 4.78 is 16.2. The first kappa shape index (κ1) is 17.5. The van der Waals surface area contributed by atoms with Crippen LogP contribution >= 0.6 is 0 Å². The monoisotopic (exact) mass is 350 g/mol. The topological polar surface area (TPSA) is 85.3 Å². The highest BCUT2D eigenvalue weighted by atomic mass is 16.5. The van der Waals surface area contributed by atoms with E-state index in [2.05, 4.69) is 5.16 Å². The van der Waals surface area contributed by atoms with Crippen LogP contribution < -0.4 is 4.74 Å². The summed E-state index contributed by atoms with van der Waals surface area (Å²) >= 11 is 0. The summed E-state index contributed by atoms with van der Waals surface area (Å²) in [5.74, 6) is 0.461. The molecule has 0 bridgehead atoms. The summed E-state index contributed by atoms with van der Waals surface area (Å²) in [5.41, 5.74) is 1.85. The van der Waals surface area contributed by atoms with Crippen LogP contribution in [-0.4, -0.2) is 17.2 Å². The molecule has 26 heavy (non-hydrogen) atoms. The van der Waals surface area contributed by atoms with Gasteiger partial charge < -0.3 is 14.0 Å². The standard InChI is InChI=1S/C20H18N2O4/c1-12(10-21)25-20(23)17-8-15-6-4-5-7-16(15)9-19(17)24-11-18-13(2)22-26-14(18)3/h4-9,12H,11H2,1-3H3/t12-/m1/s1. The van der Waals surface area contributed by atoms with Crippen LogP contribution in [0.15, 0.2) is 40.9 Å². The number of esters is 1. The van der Waals surface area contributed by atoms with Gasteiger partial charge in [0.15, 0.2) is 6.10 Å². The fourth-order valence-electron chi connectivity index (χ4n) is 2.61. The molecule has 0 aliphatic heterocycles. The first-order chi connectivity index (χ1) is 12.5. The molecule has 0 N–H and O–H groups in total. The van der Waals surface area contributed by atoms with Gasteiger partial charge in [0, 0.05) is 0 Å². The number of fused-ring (bicyclic) bond motifs is 1. The van der Waals surface area contributed by atoms with Crippen molar-refractivity contribution in [1.82, 2.24) is 5.16 Å². The van der Waals surface area contributed by atoms with Crippen molar-refractivity contribution in [3.63, 3.8) is 0 Å². The van der Waals surface area contributed by atoms with Crippen molar-refractivity contribution in [2.24, 2.45) is 0 Å². The van der Waals surface area contributed by atoms with Crippen LogP contribution in [0.25, 0.3) is 10.8 Å². The number of nitrogens with zero attached hydrogens (tertiary/aromatic N) is 2. The Bertz CT molecular complexity index is 981. The van der Waals surface area contributed by atoms with Gasteiger partial charge in [-0.1, -0.05) is 29.4 Å². The van der Waals surface area contributed by atoms with Gasteiger partial charge >= 0.3 is 5.97 Å². The molecule has 0 saturated carbocycles. The summed E-state index contributed by atoms with van der Waals surface area (Å²) in [7, 11) is 0. The second kappa shape index (κ2) is 7.28. The number of benzene rings is 2. The van der Waals surface area contributed by atoms with Gasteiger partial charge in [-0.3, -0.25) is 0 Å². The fourth-order valence-corrected chi connectivity index (χ4v) is 2.61. The number of aryl methyl sites for hydroxylation is 2. The Labute approximate surface area is 150 Å². The average Bonchev–Trinajstić information content (AvgIpc) is 2.96. The maximum Gasteiger partial charge on any atom is 0.343 e. The summed E-state index contributed by atoms with van der Waals surface area (Å²) in [6, 6.07) is 13.0. The van der Waals surface area contributed by atoms with Gasteiger partial charge in [0.05, 0.1) is 11.3 Å². The Hall–Kier alpha value is -3.33. The summed E-state index contributed by atoms with van der Waals surface area (Å²) in [6.45, 7) is 5.37. The van der Waals surface area contributed by atoms with Gasteiger partial charge in [0.25, 0.3) is 0 Å². The highest BCUT2D eigenvalue weighted by molar-refractivity contribution is 5.98. The minimum atomic E-state index is -0.843. The molecule has 132 valence electrons. The molecule has 6 nitrogen and oxygen atoms in total. The summed E-state index contributed by atoms with van der Waals surface area (Å²) in [4.78, 5) is 12.5. The lowest BCUT2D eigenvalue weighted by Crippen LogP contribution is -2.14. The zero-order valence-electron chi connectivity index (χ0n) is 14.8. The molecule has 1 aromatic heterocycles. The van der Waals surface area contributed by atoms with Crippen LogP contribution in [0.1, 0.15) is 34.3 Å². The zero-order chi connectivity index (χ0) is 18.7. The minimum absolute atomic E-state index is 0.216. The Kier molecular flexibility index (Phi) is 4.90. The number of ether oxygens (including phenoxy) is 2. The smallest absolute Gasteiger partial charge is 0.343 e. The molecule has 0 spiro atoms. The number of aromatic nitrogens is 1. The lowest BCUT2D eigenvalue weighted by Gasteiger charge is -2.13. The van der Waals surface area contributed by atoms with Crippen LogP contribution in [0.5, 0.6) is 5.75 Å². The number of hydrogen-bond donors (Lipinski definition) is 0. The van der Waals surface area contributed by atoms with Gasteiger partial charge in [-0.25, -0.2) is 4.79 Å². The Morgan fingerprint density at radius 2 is 1.96 bits per heavy atom. The van der Waals surface area contributed by atoms with Crippen molar-refractivity contribution in [3.05, 3.63) is 59.0 Å². The van der Waals surface area contributed by atoms with Crippen molar-refractivity contribution >= 4 is 16.7 Å². The third-order valence-electron chi connectivity index (χ3n) is 4.09. The second-order valence-corrected chi connectivity index (χ2v) is 5.96. The Balaban J connectivity index is 1.97. The molecule has 0 aliphatic rings. The van der Waals surface area contributed by atoms with E-state index >= 15 is 0 Å². The predicted molar refractivity (Wildman–Crippen MR) is 94.7 cm³/mol. The molecule has 0 saturated heterocycles. The number of hydrogen-bond acceptors (Lipinski definition) is 6. The van der Waals surface area contributed by atoms with Gasteiger partial charge in [-0.2, -0.15) is 5.26 Å². The Morgan fingerprint density at radius 3 is 2.58 bits per heavy atom. The molecule has 3 rings (SSSR count). The largest absolute Gasteiger partial charge is 0.488 e. The number of carbonyl (C=O) groups excluding carboxylic acids is 1. The van der Waals surface area contributed by atoms with E-state index in [1.807, 2.05) is 44.2 Å². The number of carbonyl (C=O) groups is 1. The van der Waals surface area contributed by atoms with Crippen LogP contribution in [0, 0.1) is 25.2 Å². The van der Waals surface area contributed by atoms with E-state index in [0.29, 0.717) is 11.5 Å². The molecule has 0 unspecified atom stereocenters. The van der Waals surface area contributed by atoms with Gasteiger partial charge in [-0.05, 0) is 43.7 Å². The SMILES string of the molecule is Cc1noc(C)c1COc1cc2ccccc2cc1C(=O)O[C@H](C)C#N. The van der Waals surface area contributed by atoms with Gasteiger partial charge in [0.1, 0.15) is 29.7 Å². The van der Waals surface area contributed by atoms with Crippen molar-refractivity contribution in [2.75, 3.05) is 0 Å². The highest BCUT2D eigenvalue weighted by Crippen LogP contribution is 2.28. The normalized spacial score (nSPS) is 11.8. The molecule has 3 aromatic rings. The van der Waals surface area contributed by atoms with Crippen molar-refractivity contribution in [3.8, 4) is 11.8 Å². The molecule has 1 heterocycles. The summed E-state index contributed by atoms with van der Waals surface area (Å²) in [5, 5.41) is 14.6. The van der Waals surface area contributed by atoms with Gasteiger partial charge in [0.2, 0.25) is 0 Å². The van der Waals surface area contributed by atoms with Crippen LogP contribution in [0.4, 0.5) is 0 Å². The third kappa shape index (κ3) is 3.52. The lowest BCUT2D eigenvalue weighted by molar-refractivity contribution is 0.0430. The maximum absolute atomic E-state index is 12.5. The average molecular weight is 350 g/mol. The lowest BCUT2D eigenvalue weighted by atomic mass is 10.1. The second-order valence-electron chi connectivity index (χ2n) is 5.96. The highest BCUT2D eigenvalue weighted by Gasteiger charge is 2.19. The maximum atomic E-state index is 12.5. The van der Waals surface area contributed by atoms with E-state index in [1.165, 1.54) is 6.92 Å².